The molecule has 0 fully saturated rings. The summed E-state index contributed by atoms with van der Waals surface area (Å²) in [6, 6.07) is 15.8. The number of nitrogens with zero attached hydrogens (tertiary/aromatic N) is 1. The van der Waals surface area contributed by atoms with Crippen LogP contribution in [0.1, 0.15) is 59.1 Å². The zero-order chi connectivity index (χ0) is 26.4. The Balaban J connectivity index is 0.000000422. The van der Waals surface area contributed by atoms with Gasteiger partial charge >= 0.3 is 0 Å². The second kappa shape index (κ2) is 16.6. The van der Waals surface area contributed by atoms with Gasteiger partial charge in [-0.05, 0) is 60.6 Å². The standard InChI is InChI=1S/C21H29NO.C7H6Cl2.C3H8/c1-6-12-22-18(5)21(16(2)3)17(4)13-20(22)15-23-14-19-10-8-7-9-11-19;1-5-2-6(8)4-7(9)3-5;1-3-2/h6-11,13,16-17H,1,12,14-15H2,2-5H3;2-4H,1H3;3H2,1-2H3. The van der Waals surface area contributed by atoms with Gasteiger partial charge in [0, 0.05) is 28.0 Å². The Bertz CT molecular complexity index is 913. The molecule has 1 atom stereocenters. The average molecular weight is 517 g/mol. The number of aryl methyl sites for hydroxylation is 1. The molecule has 0 N–H and O–H groups in total. The van der Waals surface area contributed by atoms with E-state index in [0.717, 1.165) is 12.1 Å². The van der Waals surface area contributed by atoms with Gasteiger partial charge in [0.25, 0.3) is 0 Å². The molecule has 0 spiro atoms. The molecule has 35 heavy (non-hydrogen) atoms. The Labute approximate surface area is 224 Å². The van der Waals surface area contributed by atoms with Crippen molar-refractivity contribution in [3.8, 4) is 0 Å². The van der Waals surface area contributed by atoms with E-state index in [0.29, 0.717) is 35.1 Å². The van der Waals surface area contributed by atoms with Gasteiger partial charge in [-0.1, -0.05) is 107 Å². The van der Waals surface area contributed by atoms with Crippen LogP contribution >= 0.6 is 23.2 Å². The number of hydrogen-bond acceptors (Lipinski definition) is 2. The van der Waals surface area contributed by atoms with E-state index in [-0.39, 0.29) is 0 Å². The summed E-state index contributed by atoms with van der Waals surface area (Å²) in [4.78, 5) is 2.34. The first kappa shape index (κ1) is 31.0. The molecule has 0 radical (unpaired) electrons. The fraction of sp³-hybridized carbons (Fsp3) is 0.419. The summed E-state index contributed by atoms with van der Waals surface area (Å²) in [5, 5.41) is 1.39. The molecule has 1 aliphatic rings. The lowest BCUT2D eigenvalue weighted by molar-refractivity contribution is 0.125. The van der Waals surface area contributed by atoms with Crippen LogP contribution in [0.15, 0.2) is 84.2 Å². The second-order valence-corrected chi connectivity index (χ2v) is 10.0. The maximum absolute atomic E-state index is 5.96. The molecule has 1 aliphatic heterocycles. The third-order valence-corrected chi connectivity index (χ3v) is 5.84. The van der Waals surface area contributed by atoms with E-state index >= 15 is 0 Å². The molecule has 4 heteroatoms. The highest BCUT2D eigenvalue weighted by molar-refractivity contribution is 6.34. The number of rotatable bonds is 7. The van der Waals surface area contributed by atoms with Gasteiger partial charge in [-0.25, -0.2) is 0 Å². The van der Waals surface area contributed by atoms with E-state index in [1.165, 1.54) is 29.0 Å². The Kier molecular flexibility index (Phi) is 14.7. The minimum atomic E-state index is 0.464. The van der Waals surface area contributed by atoms with Gasteiger partial charge in [0.2, 0.25) is 0 Å². The van der Waals surface area contributed by atoms with Crippen LogP contribution in [0, 0.1) is 18.8 Å². The molecule has 0 bridgehead atoms. The highest BCUT2D eigenvalue weighted by atomic mass is 35.5. The van der Waals surface area contributed by atoms with E-state index in [1.54, 1.807) is 6.07 Å². The highest BCUT2D eigenvalue weighted by Gasteiger charge is 2.25. The highest BCUT2D eigenvalue weighted by Crippen LogP contribution is 2.34. The van der Waals surface area contributed by atoms with Crippen LogP contribution < -0.4 is 0 Å². The van der Waals surface area contributed by atoms with Crippen molar-refractivity contribution in [3.63, 3.8) is 0 Å². The lowest BCUT2D eigenvalue weighted by Gasteiger charge is -2.36. The average Bonchev–Trinajstić information content (AvgIpc) is 2.77. The number of allylic oxidation sites excluding steroid dienone is 3. The minimum absolute atomic E-state index is 0.464. The first-order valence-electron chi connectivity index (χ1n) is 12.5. The maximum atomic E-state index is 5.96. The molecule has 0 aliphatic carbocycles. The number of hydrogen-bond donors (Lipinski definition) is 0. The zero-order valence-electron chi connectivity index (χ0n) is 22.6. The van der Waals surface area contributed by atoms with E-state index in [1.807, 2.05) is 43.3 Å². The minimum Gasteiger partial charge on any atom is -0.371 e. The third-order valence-electron chi connectivity index (χ3n) is 5.40. The van der Waals surface area contributed by atoms with Crippen LogP contribution in [0.2, 0.25) is 10.0 Å². The van der Waals surface area contributed by atoms with Gasteiger partial charge in [-0.3, -0.25) is 0 Å². The summed E-state index contributed by atoms with van der Waals surface area (Å²) in [6.07, 6.45) is 5.55. The summed E-state index contributed by atoms with van der Waals surface area (Å²) in [6.45, 7) is 21.3. The van der Waals surface area contributed by atoms with Crippen LogP contribution in [-0.2, 0) is 11.3 Å². The first-order valence-corrected chi connectivity index (χ1v) is 13.2. The van der Waals surface area contributed by atoms with Crippen molar-refractivity contribution in [3.05, 3.63) is 105 Å². The Morgan fingerprint density at radius 3 is 2.06 bits per heavy atom. The number of halogens is 2. The van der Waals surface area contributed by atoms with Crippen molar-refractivity contribution in [2.24, 2.45) is 11.8 Å². The second-order valence-electron chi connectivity index (χ2n) is 9.17. The zero-order valence-corrected chi connectivity index (χ0v) is 24.1. The molecular weight excluding hydrogens is 473 g/mol. The van der Waals surface area contributed by atoms with Crippen molar-refractivity contribution < 1.29 is 4.74 Å². The van der Waals surface area contributed by atoms with E-state index in [9.17, 15) is 0 Å². The van der Waals surface area contributed by atoms with E-state index < -0.39 is 0 Å². The topological polar surface area (TPSA) is 12.5 Å². The lowest BCUT2D eigenvalue weighted by atomic mass is 9.86. The monoisotopic (exact) mass is 515 g/mol. The van der Waals surface area contributed by atoms with Gasteiger partial charge < -0.3 is 9.64 Å². The third kappa shape index (κ3) is 11.1. The molecule has 0 saturated heterocycles. The normalized spacial score (nSPS) is 15.1. The van der Waals surface area contributed by atoms with Crippen LogP contribution in [0.3, 0.4) is 0 Å². The first-order chi connectivity index (χ1) is 16.6. The summed E-state index contributed by atoms with van der Waals surface area (Å²) < 4.78 is 5.96. The van der Waals surface area contributed by atoms with Crippen LogP contribution in [0.4, 0.5) is 0 Å². The van der Waals surface area contributed by atoms with Crippen molar-refractivity contribution >= 4 is 23.2 Å². The molecule has 0 amide bonds. The van der Waals surface area contributed by atoms with Gasteiger partial charge in [-0.2, -0.15) is 0 Å². The largest absolute Gasteiger partial charge is 0.371 e. The Morgan fingerprint density at radius 1 is 1.00 bits per heavy atom. The Hall–Kier alpha value is -2.00. The van der Waals surface area contributed by atoms with Gasteiger partial charge in [0.15, 0.2) is 0 Å². The predicted octanol–water partition coefficient (Wildman–Crippen LogP) is 9.87. The van der Waals surface area contributed by atoms with Crippen molar-refractivity contribution in [2.45, 2.75) is 61.5 Å². The van der Waals surface area contributed by atoms with Crippen molar-refractivity contribution in [1.82, 2.24) is 4.90 Å². The molecule has 0 aromatic heterocycles. The summed E-state index contributed by atoms with van der Waals surface area (Å²) >= 11 is 11.3. The fourth-order valence-corrected chi connectivity index (χ4v) is 4.80. The molecule has 2 aromatic rings. The van der Waals surface area contributed by atoms with Gasteiger partial charge in [0.1, 0.15) is 0 Å². The van der Waals surface area contributed by atoms with Crippen molar-refractivity contribution in [1.29, 1.82) is 0 Å². The number of ether oxygens (including phenoxy) is 1. The molecule has 2 nitrogen and oxygen atoms in total. The quantitative estimate of drug-likeness (QED) is 0.340. The molecule has 192 valence electrons. The lowest BCUT2D eigenvalue weighted by Crippen LogP contribution is -2.31. The van der Waals surface area contributed by atoms with E-state index in [4.69, 9.17) is 27.9 Å². The van der Waals surface area contributed by atoms with Gasteiger partial charge in [0.05, 0.1) is 13.2 Å². The fourth-order valence-electron chi connectivity index (χ4n) is 4.16. The number of benzene rings is 2. The maximum Gasteiger partial charge on any atom is 0.0869 e. The predicted molar refractivity (Wildman–Crippen MR) is 155 cm³/mol. The summed E-state index contributed by atoms with van der Waals surface area (Å²) in [7, 11) is 0. The molecular formula is C31H43Cl2NO. The molecule has 1 unspecified atom stereocenters. The molecule has 0 saturated carbocycles. The summed E-state index contributed by atoms with van der Waals surface area (Å²) in [5.74, 6) is 1.02. The molecule has 1 heterocycles. The molecule has 2 aromatic carbocycles. The molecule has 3 rings (SSSR count). The van der Waals surface area contributed by atoms with Crippen LogP contribution in [0.5, 0.6) is 0 Å². The summed E-state index contributed by atoms with van der Waals surface area (Å²) in [5.41, 5.74) is 6.41. The van der Waals surface area contributed by atoms with Gasteiger partial charge in [-0.15, -0.1) is 6.58 Å². The van der Waals surface area contributed by atoms with E-state index in [2.05, 4.69) is 71.2 Å². The van der Waals surface area contributed by atoms with Crippen molar-refractivity contribution in [2.75, 3.05) is 13.2 Å². The SMILES string of the molecule is C=CCN1C(COCc2ccccc2)=CC(C)C(C(C)C)=C1C.CCC.Cc1cc(Cl)cc(Cl)c1. The Morgan fingerprint density at radius 2 is 1.57 bits per heavy atom. The smallest absolute Gasteiger partial charge is 0.0869 e. The van der Waals surface area contributed by atoms with Crippen LogP contribution in [-0.4, -0.2) is 18.1 Å². The van der Waals surface area contributed by atoms with Crippen LogP contribution in [0.25, 0.3) is 0 Å².